The van der Waals surface area contributed by atoms with E-state index in [0.717, 1.165) is 16.6 Å². The van der Waals surface area contributed by atoms with Gasteiger partial charge in [-0.25, -0.2) is 0 Å². The van der Waals surface area contributed by atoms with E-state index in [0.29, 0.717) is 0 Å². The normalized spacial score (nSPS) is 12.0. The van der Waals surface area contributed by atoms with Crippen molar-refractivity contribution in [1.82, 2.24) is 9.47 Å². The van der Waals surface area contributed by atoms with Crippen LogP contribution in [0.2, 0.25) is 0 Å². The Balaban J connectivity index is 3.11. The lowest BCUT2D eigenvalue weighted by Gasteiger charge is -2.35. The fourth-order valence-corrected chi connectivity index (χ4v) is 2.17. The van der Waals surface area contributed by atoms with Gasteiger partial charge in [-0.1, -0.05) is 6.92 Å². The number of hydrogen-bond acceptors (Lipinski definition) is 1. The number of amides is 1. The Morgan fingerprint density at radius 2 is 2.06 bits per heavy atom. The fourth-order valence-electron chi connectivity index (χ4n) is 1.73. The second kappa shape index (κ2) is 5.47. The molecule has 0 radical (unpaired) electrons. The first-order chi connectivity index (χ1) is 8.20. The topological polar surface area (TPSA) is 25.2 Å². The summed E-state index contributed by atoms with van der Waals surface area (Å²) < 4.78 is 2.96. The zero-order chi connectivity index (χ0) is 14.1. The molecule has 0 N–H and O–H groups in total. The zero-order valence-corrected chi connectivity index (χ0v) is 13.7. The van der Waals surface area contributed by atoms with Gasteiger partial charge >= 0.3 is 0 Å². The number of carbonyl (C=O) groups is 1. The Bertz CT molecular complexity index is 435. The van der Waals surface area contributed by atoms with Gasteiger partial charge in [-0.05, 0) is 56.1 Å². The Kier molecular flexibility index (Phi) is 4.65. The molecule has 0 fully saturated rings. The Morgan fingerprint density at radius 1 is 1.50 bits per heavy atom. The van der Waals surface area contributed by atoms with Crippen LogP contribution in [0.5, 0.6) is 0 Å². The second-order valence-electron chi connectivity index (χ2n) is 5.57. The molecule has 0 aliphatic rings. The van der Waals surface area contributed by atoms with E-state index in [1.165, 1.54) is 0 Å². The van der Waals surface area contributed by atoms with Crippen molar-refractivity contribution in [2.24, 2.45) is 0 Å². The van der Waals surface area contributed by atoms with E-state index in [1.54, 1.807) is 0 Å². The molecular formula is C14H23BrN2O. The first-order valence-electron chi connectivity index (χ1n) is 6.36. The maximum Gasteiger partial charge on any atom is 0.270 e. The molecule has 1 heterocycles. The molecule has 0 spiro atoms. The molecule has 1 aromatic heterocycles. The number of aromatic nitrogens is 1. The molecular weight excluding hydrogens is 292 g/mol. The minimum atomic E-state index is -0.129. The van der Waals surface area contributed by atoms with Crippen molar-refractivity contribution >= 4 is 21.8 Å². The molecule has 0 aromatic carbocycles. The van der Waals surface area contributed by atoms with Crippen LogP contribution in [-0.4, -0.2) is 28.0 Å². The molecule has 18 heavy (non-hydrogen) atoms. The summed E-state index contributed by atoms with van der Waals surface area (Å²) in [5.74, 6) is 0.0706. The highest BCUT2D eigenvalue weighted by Gasteiger charge is 2.28. The van der Waals surface area contributed by atoms with E-state index in [-0.39, 0.29) is 17.5 Å². The average Bonchev–Trinajstić information content (AvgIpc) is 2.69. The van der Waals surface area contributed by atoms with E-state index in [2.05, 4.69) is 50.5 Å². The lowest BCUT2D eigenvalue weighted by molar-refractivity contribution is 0.0607. The summed E-state index contributed by atoms with van der Waals surface area (Å²) in [6, 6.07) is 2.17. The van der Waals surface area contributed by atoms with Crippen molar-refractivity contribution in [2.75, 3.05) is 7.05 Å². The van der Waals surface area contributed by atoms with Crippen LogP contribution in [-0.2, 0) is 0 Å². The minimum Gasteiger partial charge on any atom is -0.340 e. The first-order valence-corrected chi connectivity index (χ1v) is 7.15. The fraction of sp³-hybridized carbons (Fsp3) is 0.643. The Hall–Kier alpha value is -0.770. The summed E-state index contributed by atoms with van der Waals surface area (Å²) >= 11 is 3.44. The summed E-state index contributed by atoms with van der Waals surface area (Å²) in [5.41, 5.74) is 0.608. The molecule has 102 valence electrons. The Labute approximate surface area is 118 Å². The summed E-state index contributed by atoms with van der Waals surface area (Å²) in [4.78, 5) is 14.4. The molecule has 4 heteroatoms. The van der Waals surface area contributed by atoms with Crippen LogP contribution in [0.15, 0.2) is 16.7 Å². The SMILES string of the molecule is CCC(C)(C)N(C)C(=O)c1cc(Br)cn1C(C)C. The first kappa shape index (κ1) is 15.3. The Morgan fingerprint density at radius 3 is 2.50 bits per heavy atom. The molecule has 0 atom stereocenters. The zero-order valence-electron chi connectivity index (χ0n) is 12.1. The van der Waals surface area contributed by atoms with Crippen molar-refractivity contribution < 1.29 is 4.79 Å². The van der Waals surface area contributed by atoms with Crippen molar-refractivity contribution in [1.29, 1.82) is 0 Å². The van der Waals surface area contributed by atoms with Crippen LogP contribution in [0, 0.1) is 0 Å². The number of carbonyl (C=O) groups excluding carboxylic acids is 1. The van der Waals surface area contributed by atoms with Crippen molar-refractivity contribution in [3.05, 3.63) is 22.4 Å². The molecule has 1 aromatic rings. The van der Waals surface area contributed by atoms with Crippen molar-refractivity contribution in [2.45, 2.75) is 52.6 Å². The smallest absolute Gasteiger partial charge is 0.270 e. The van der Waals surface area contributed by atoms with Crippen LogP contribution in [0.25, 0.3) is 0 Å². The van der Waals surface area contributed by atoms with E-state index >= 15 is 0 Å². The number of hydrogen-bond donors (Lipinski definition) is 0. The van der Waals surface area contributed by atoms with Crippen molar-refractivity contribution in [3.8, 4) is 0 Å². The predicted octanol–water partition coefficient (Wildman–Crippen LogP) is 4.09. The summed E-state index contributed by atoms with van der Waals surface area (Å²) in [7, 11) is 1.87. The quantitative estimate of drug-likeness (QED) is 0.821. The highest BCUT2D eigenvalue weighted by molar-refractivity contribution is 9.10. The van der Waals surface area contributed by atoms with Crippen LogP contribution in [0.4, 0.5) is 0 Å². The third-order valence-corrected chi connectivity index (χ3v) is 4.10. The molecule has 1 rings (SSSR count). The monoisotopic (exact) mass is 314 g/mol. The third kappa shape index (κ3) is 2.97. The molecule has 1 amide bonds. The van der Waals surface area contributed by atoms with Gasteiger partial charge in [-0.15, -0.1) is 0 Å². The van der Waals surface area contributed by atoms with Gasteiger partial charge in [0.05, 0.1) is 0 Å². The molecule has 0 saturated carbocycles. The maximum atomic E-state index is 12.6. The van der Waals surface area contributed by atoms with Gasteiger partial charge in [0.15, 0.2) is 0 Å². The van der Waals surface area contributed by atoms with Gasteiger partial charge in [0.25, 0.3) is 5.91 Å². The largest absolute Gasteiger partial charge is 0.340 e. The summed E-state index contributed by atoms with van der Waals surface area (Å²) in [6.45, 7) is 10.4. The van der Waals surface area contributed by atoms with Gasteiger partial charge in [0.2, 0.25) is 0 Å². The number of halogens is 1. The van der Waals surface area contributed by atoms with Gasteiger partial charge in [0.1, 0.15) is 5.69 Å². The van der Waals surface area contributed by atoms with E-state index in [1.807, 2.05) is 28.8 Å². The lowest BCUT2D eigenvalue weighted by Crippen LogP contribution is -2.45. The summed E-state index contributed by atoms with van der Waals surface area (Å²) in [6.07, 6.45) is 2.89. The highest BCUT2D eigenvalue weighted by Crippen LogP contribution is 2.24. The highest BCUT2D eigenvalue weighted by atomic mass is 79.9. The van der Waals surface area contributed by atoms with Crippen LogP contribution in [0.1, 0.15) is 57.6 Å². The van der Waals surface area contributed by atoms with Crippen LogP contribution < -0.4 is 0 Å². The maximum absolute atomic E-state index is 12.6. The molecule has 0 unspecified atom stereocenters. The predicted molar refractivity (Wildman–Crippen MR) is 79.0 cm³/mol. The molecule has 0 aliphatic heterocycles. The minimum absolute atomic E-state index is 0.0706. The summed E-state index contributed by atoms with van der Waals surface area (Å²) in [5, 5.41) is 0. The molecule has 3 nitrogen and oxygen atoms in total. The van der Waals surface area contributed by atoms with Crippen molar-refractivity contribution in [3.63, 3.8) is 0 Å². The number of nitrogens with zero attached hydrogens (tertiary/aromatic N) is 2. The van der Waals surface area contributed by atoms with Gasteiger partial charge in [0, 0.05) is 29.3 Å². The average molecular weight is 315 g/mol. The van der Waals surface area contributed by atoms with Crippen LogP contribution >= 0.6 is 15.9 Å². The van der Waals surface area contributed by atoms with Gasteiger partial charge < -0.3 is 9.47 Å². The molecule has 0 aliphatic carbocycles. The third-order valence-electron chi connectivity index (χ3n) is 3.67. The van der Waals surface area contributed by atoms with Gasteiger partial charge in [-0.3, -0.25) is 4.79 Å². The van der Waals surface area contributed by atoms with Gasteiger partial charge in [-0.2, -0.15) is 0 Å². The lowest BCUT2D eigenvalue weighted by atomic mass is 9.99. The number of rotatable bonds is 4. The standard InChI is InChI=1S/C14H23BrN2O/c1-7-14(4,5)16(6)13(18)12-8-11(15)9-17(12)10(2)3/h8-10H,7H2,1-6H3. The molecule has 0 saturated heterocycles. The molecule has 0 bridgehead atoms. The van der Waals surface area contributed by atoms with Crippen LogP contribution in [0.3, 0.4) is 0 Å². The van der Waals surface area contributed by atoms with E-state index < -0.39 is 0 Å². The van der Waals surface area contributed by atoms with E-state index in [9.17, 15) is 4.79 Å². The second-order valence-corrected chi connectivity index (χ2v) is 6.49. The van der Waals surface area contributed by atoms with E-state index in [4.69, 9.17) is 0 Å².